The number of hydrogen-bond donors (Lipinski definition) is 2. The lowest BCUT2D eigenvalue weighted by molar-refractivity contribution is -0.137. The molecule has 0 saturated heterocycles. The number of halogens is 4. The molecule has 0 unspecified atom stereocenters. The van der Waals surface area contributed by atoms with Crippen LogP contribution in [0.25, 0.3) is 0 Å². The molecule has 90 valence electrons. The van der Waals surface area contributed by atoms with Crippen molar-refractivity contribution in [3.63, 3.8) is 0 Å². The van der Waals surface area contributed by atoms with Crippen LogP contribution in [0.3, 0.4) is 0 Å². The van der Waals surface area contributed by atoms with Gasteiger partial charge in [0, 0.05) is 6.54 Å². The molecule has 16 heavy (non-hydrogen) atoms. The minimum absolute atomic E-state index is 0.150. The zero-order valence-electron chi connectivity index (χ0n) is 8.44. The van der Waals surface area contributed by atoms with Crippen LogP contribution in [-0.2, 0) is 6.18 Å². The maximum absolute atomic E-state index is 13.1. The van der Waals surface area contributed by atoms with Crippen molar-refractivity contribution >= 4 is 5.69 Å². The molecule has 0 aliphatic heterocycles. The van der Waals surface area contributed by atoms with E-state index in [1.165, 1.54) is 0 Å². The van der Waals surface area contributed by atoms with Crippen LogP contribution in [-0.4, -0.2) is 13.1 Å². The van der Waals surface area contributed by atoms with E-state index in [1.807, 2.05) is 0 Å². The van der Waals surface area contributed by atoms with Crippen molar-refractivity contribution in [2.45, 2.75) is 12.6 Å². The van der Waals surface area contributed by atoms with E-state index in [1.54, 1.807) is 0 Å². The molecular weight excluding hydrogens is 224 g/mol. The normalized spacial score (nSPS) is 11.6. The van der Waals surface area contributed by atoms with Gasteiger partial charge in [-0.2, -0.15) is 13.2 Å². The Morgan fingerprint density at radius 2 is 1.94 bits per heavy atom. The van der Waals surface area contributed by atoms with Crippen LogP contribution in [0.2, 0.25) is 0 Å². The predicted molar refractivity (Wildman–Crippen MR) is 53.6 cm³/mol. The van der Waals surface area contributed by atoms with Crippen LogP contribution in [0.1, 0.15) is 12.0 Å². The number of alkyl halides is 3. The van der Waals surface area contributed by atoms with Crippen LogP contribution >= 0.6 is 0 Å². The molecule has 1 aromatic carbocycles. The average Bonchev–Trinajstić information content (AvgIpc) is 2.19. The predicted octanol–water partition coefficient (Wildman–Crippen LogP) is 2.61. The van der Waals surface area contributed by atoms with Gasteiger partial charge in [-0.25, -0.2) is 4.39 Å². The number of benzene rings is 1. The van der Waals surface area contributed by atoms with Crippen LogP contribution in [0.15, 0.2) is 18.2 Å². The monoisotopic (exact) mass is 236 g/mol. The molecule has 1 aromatic rings. The zero-order valence-corrected chi connectivity index (χ0v) is 8.44. The summed E-state index contributed by atoms with van der Waals surface area (Å²) in [6, 6.07) is 2.27. The third kappa shape index (κ3) is 3.37. The Hall–Kier alpha value is -1.30. The van der Waals surface area contributed by atoms with Gasteiger partial charge in [0.25, 0.3) is 0 Å². The van der Waals surface area contributed by atoms with Gasteiger partial charge in [0.1, 0.15) is 5.82 Å². The summed E-state index contributed by atoms with van der Waals surface area (Å²) in [5.74, 6) is -0.704. The molecular formula is C10H12F4N2. The molecule has 0 amide bonds. The second-order valence-corrected chi connectivity index (χ2v) is 3.26. The van der Waals surface area contributed by atoms with Crippen molar-refractivity contribution < 1.29 is 17.6 Å². The van der Waals surface area contributed by atoms with E-state index in [-0.39, 0.29) is 5.69 Å². The van der Waals surface area contributed by atoms with Gasteiger partial charge >= 0.3 is 6.18 Å². The molecule has 0 aliphatic carbocycles. The second-order valence-electron chi connectivity index (χ2n) is 3.26. The summed E-state index contributed by atoms with van der Waals surface area (Å²) in [6.07, 6.45) is -3.90. The lowest BCUT2D eigenvalue weighted by atomic mass is 10.2. The van der Waals surface area contributed by atoms with E-state index in [9.17, 15) is 17.6 Å². The summed E-state index contributed by atoms with van der Waals surface area (Å²) in [6.45, 7) is 0.738. The minimum Gasteiger partial charge on any atom is -0.383 e. The molecule has 2 nitrogen and oxygen atoms in total. The second kappa shape index (κ2) is 5.16. The van der Waals surface area contributed by atoms with E-state index in [0.29, 0.717) is 25.6 Å². The van der Waals surface area contributed by atoms with Gasteiger partial charge in [0.15, 0.2) is 0 Å². The van der Waals surface area contributed by atoms with Crippen molar-refractivity contribution in [2.75, 3.05) is 18.4 Å². The van der Waals surface area contributed by atoms with Gasteiger partial charge in [0.05, 0.1) is 11.3 Å². The maximum Gasteiger partial charge on any atom is 0.416 e. The highest BCUT2D eigenvalue weighted by Crippen LogP contribution is 2.31. The molecule has 0 radical (unpaired) electrons. The van der Waals surface area contributed by atoms with Crippen molar-refractivity contribution in [3.05, 3.63) is 29.6 Å². The molecule has 0 saturated carbocycles. The summed E-state index contributed by atoms with van der Waals surface area (Å²) in [5.41, 5.74) is 4.20. The Morgan fingerprint density at radius 1 is 1.25 bits per heavy atom. The van der Waals surface area contributed by atoms with Crippen molar-refractivity contribution in [1.29, 1.82) is 0 Å². The Kier molecular flexibility index (Phi) is 4.12. The Bertz CT molecular complexity index is 349. The molecule has 0 aromatic heterocycles. The third-order valence-electron chi connectivity index (χ3n) is 1.99. The van der Waals surface area contributed by atoms with Crippen molar-refractivity contribution in [1.82, 2.24) is 0 Å². The fourth-order valence-electron chi connectivity index (χ4n) is 1.16. The number of rotatable bonds is 4. The molecule has 6 heteroatoms. The van der Waals surface area contributed by atoms with E-state index < -0.39 is 17.6 Å². The van der Waals surface area contributed by atoms with E-state index in [4.69, 9.17) is 5.73 Å². The maximum atomic E-state index is 13.1. The molecule has 0 heterocycles. The van der Waals surface area contributed by atoms with Gasteiger partial charge < -0.3 is 11.1 Å². The SMILES string of the molecule is NCCCNc1cc(C(F)(F)F)ccc1F. The number of hydrogen-bond acceptors (Lipinski definition) is 2. The zero-order chi connectivity index (χ0) is 12.2. The lowest BCUT2D eigenvalue weighted by Crippen LogP contribution is -2.11. The number of nitrogens with two attached hydrogens (primary N) is 1. The van der Waals surface area contributed by atoms with Gasteiger partial charge in [-0.15, -0.1) is 0 Å². The summed E-state index contributed by atoms with van der Waals surface area (Å²) >= 11 is 0. The Balaban J connectivity index is 2.83. The molecule has 3 N–H and O–H groups in total. The topological polar surface area (TPSA) is 38.0 Å². The fraction of sp³-hybridized carbons (Fsp3) is 0.400. The van der Waals surface area contributed by atoms with Crippen LogP contribution in [0.5, 0.6) is 0 Å². The highest BCUT2D eigenvalue weighted by molar-refractivity contribution is 5.47. The standard InChI is InChI=1S/C10H12F4N2/c11-8-3-2-7(10(12,13)14)6-9(8)16-5-1-4-15/h2-3,6,16H,1,4-5,15H2. The third-order valence-corrected chi connectivity index (χ3v) is 1.99. The van der Waals surface area contributed by atoms with Crippen LogP contribution in [0.4, 0.5) is 23.2 Å². The highest BCUT2D eigenvalue weighted by atomic mass is 19.4. The number of anilines is 1. The first-order valence-corrected chi connectivity index (χ1v) is 4.76. The summed E-state index contributed by atoms with van der Waals surface area (Å²) in [4.78, 5) is 0. The lowest BCUT2D eigenvalue weighted by Gasteiger charge is -2.11. The Labute approximate surface area is 90.4 Å². The molecule has 0 spiro atoms. The van der Waals surface area contributed by atoms with Crippen molar-refractivity contribution in [2.24, 2.45) is 5.73 Å². The largest absolute Gasteiger partial charge is 0.416 e. The first-order chi connectivity index (χ1) is 7.45. The molecule has 0 bridgehead atoms. The summed E-state index contributed by atoms with van der Waals surface area (Å²) in [5, 5.41) is 2.57. The first kappa shape index (κ1) is 12.8. The fourth-order valence-corrected chi connectivity index (χ4v) is 1.16. The van der Waals surface area contributed by atoms with Crippen LogP contribution < -0.4 is 11.1 Å². The minimum atomic E-state index is -4.46. The van der Waals surface area contributed by atoms with E-state index in [0.717, 1.165) is 12.1 Å². The van der Waals surface area contributed by atoms with Crippen LogP contribution in [0, 0.1) is 5.82 Å². The quantitative estimate of drug-likeness (QED) is 0.623. The molecule has 0 fully saturated rings. The van der Waals surface area contributed by atoms with E-state index in [2.05, 4.69) is 5.32 Å². The van der Waals surface area contributed by atoms with Gasteiger partial charge in [0.2, 0.25) is 0 Å². The van der Waals surface area contributed by atoms with Crippen molar-refractivity contribution in [3.8, 4) is 0 Å². The average molecular weight is 236 g/mol. The molecule has 1 rings (SSSR count). The molecule has 0 aliphatic rings. The first-order valence-electron chi connectivity index (χ1n) is 4.76. The highest BCUT2D eigenvalue weighted by Gasteiger charge is 2.31. The van der Waals surface area contributed by atoms with Gasteiger partial charge in [-0.1, -0.05) is 0 Å². The Morgan fingerprint density at radius 3 is 2.50 bits per heavy atom. The molecule has 0 atom stereocenters. The summed E-state index contributed by atoms with van der Waals surface area (Å²) < 4.78 is 50.1. The van der Waals surface area contributed by atoms with E-state index >= 15 is 0 Å². The van der Waals surface area contributed by atoms with Gasteiger partial charge in [-0.05, 0) is 31.2 Å². The summed E-state index contributed by atoms with van der Waals surface area (Å²) in [7, 11) is 0. The van der Waals surface area contributed by atoms with Gasteiger partial charge in [-0.3, -0.25) is 0 Å². The smallest absolute Gasteiger partial charge is 0.383 e. The number of nitrogens with one attached hydrogen (secondary N) is 1.